The van der Waals surface area contributed by atoms with Gasteiger partial charge in [0, 0.05) is 25.5 Å². The van der Waals surface area contributed by atoms with E-state index in [0.29, 0.717) is 19.4 Å². The third-order valence-electron chi connectivity index (χ3n) is 5.96. The fraction of sp³-hybridized carbons (Fsp3) is 0.476. The van der Waals surface area contributed by atoms with Crippen LogP contribution in [0.5, 0.6) is 0 Å². The average Bonchev–Trinajstić information content (AvgIpc) is 3.26. The summed E-state index contributed by atoms with van der Waals surface area (Å²) in [5.41, 5.74) is 0.451. The molecule has 1 aromatic carbocycles. The van der Waals surface area contributed by atoms with E-state index in [1.165, 1.54) is 10.5 Å². The predicted octanol–water partition coefficient (Wildman–Crippen LogP) is 2.88. The van der Waals surface area contributed by atoms with E-state index >= 15 is 0 Å². The number of nitrogens with one attached hydrogen (secondary N) is 1. The lowest BCUT2D eigenvalue weighted by Crippen LogP contribution is -2.56. The number of imide groups is 1. The van der Waals surface area contributed by atoms with E-state index in [1.54, 1.807) is 6.20 Å². The SMILES string of the molecule is CCn1ccnc1CN1C(=O)N(CCc2ccccc2)C2(CCNCC2)C1=O.Cl.Cl. The Bertz CT molecular complexity index is 852. The van der Waals surface area contributed by atoms with Crippen LogP contribution < -0.4 is 5.32 Å². The van der Waals surface area contributed by atoms with Gasteiger partial charge in [-0.3, -0.25) is 9.69 Å². The van der Waals surface area contributed by atoms with E-state index in [2.05, 4.69) is 22.4 Å². The largest absolute Gasteiger partial charge is 0.334 e. The topological polar surface area (TPSA) is 70.5 Å². The predicted molar refractivity (Wildman–Crippen MR) is 120 cm³/mol. The van der Waals surface area contributed by atoms with Crippen LogP contribution in [0.1, 0.15) is 31.2 Å². The second-order valence-electron chi connectivity index (χ2n) is 7.47. The van der Waals surface area contributed by atoms with Crippen molar-refractivity contribution in [2.45, 2.75) is 44.8 Å². The highest BCUT2D eigenvalue weighted by atomic mass is 35.5. The Hall–Kier alpha value is -2.09. The van der Waals surface area contributed by atoms with Gasteiger partial charge in [0.1, 0.15) is 11.4 Å². The minimum Gasteiger partial charge on any atom is -0.334 e. The quantitative estimate of drug-likeness (QED) is 0.682. The normalized spacial score (nSPS) is 17.8. The number of aromatic nitrogens is 2. The molecule has 0 atom stereocenters. The number of carbonyl (C=O) groups is 2. The molecule has 0 unspecified atom stereocenters. The zero-order valence-corrected chi connectivity index (χ0v) is 18.8. The van der Waals surface area contributed by atoms with Crippen LogP contribution in [0.25, 0.3) is 0 Å². The van der Waals surface area contributed by atoms with E-state index in [9.17, 15) is 9.59 Å². The maximum Gasteiger partial charge on any atom is 0.328 e. The highest BCUT2D eigenvalue weighted by molar-refractivity contribution is 6.07. The Morgan fingerprint density at radius 3 is 2.47 bits per heavy atom. The summed E-state index contributed by atoms with van der Waals surface area (Å²) in [5, 5.41) is 3.32. The fourth-order valence-electron chi connectivity index (χ4n) is 4.36. The van der Waals surface area contributed by atoms with Crippen LogP contribution in [0.3, 0.4) is 0 Å². The van der Waals surface area contributed by atoms with E-state index in [-0.39, 0.29) is 43.3 Å². The smallest absolute Gasteiger partial charge is 0.328 e. The maximum atomic E-state index is 13.4. The second-order valence-corrected chi connectivity index (χ2v) is 7.47. The van der Waals surface area contributed by atoms with Crippen molar-refractivity contribution in [3.63, 3.8) is 0 Å². The van der Waals surface area contributed by atoms with Crippen LogP contribution in [-0.2, 0) is 24.3 Å². The summed E-state index contributed by atoms with van der Waals surface area (Å²) in [6.45, 7) is 5.07. The van der Waals surface area contributed by atoms with E-state index in [0.717, 1.165) is 31.9 Å². The number of nitrogens with zero attached hydrogens (tertiary/aromatic N) is 4. The van der Waals surface area contributed by atoms with Crippen LogP contribution in [0.15, 0.2) is 42.7 Å². The summed E-state index contributed by atoms with van der Waals surface area (Å²) in [5.74, 6) is 0.677. The summed E-state index contributed by atoms with van der Waals surface area (Å²) in [6.07, 6.45) is 5.66. The van der Waals surface area contributed by atoms with Gasteiger partial charge in [-0.2, -0.15) is 0 Å². The number of urea groups is 1. The van der Waals surface area contributed by atoms with Gasteiger partial charge in [0.2, 0.25) is 0 Å². The Kier molecular flexibility index (Phi) is 8.29. The minimum atomic E-state index is -0.721. The van der Waals surface area contributed by atoms with Crippen molar-refractivity contribution in [1.29, 1.82) is 0 Å². The summed E-state index contributed by atoms with van der Waals surface area (Å²) in [7, 11) is 0. The van der Waals surface area contributed by atoms with Gasteiger partial charge in [-0.1, -0.05) is 30.3 Å². The molecule has 2 fully saturated rings. The van der Waals surface area contributed by atoms with Gasteiger partial charge < -0.3 is 14.8 Å². The molecule has 2 saturated heterocycles. The van der Waals surface area contributed by atoms with Gasteiger partial charge in [0.25, 0.3) is 5.91 Å². The number of imidazole rings is 1. The molecule has 4 rings (SSSR count). The molecular weight excluding hydrogens is 425 g/mol. The van der Waals surface area contributed by atoms with Crippen molar-refractivity contribution in [3.05, 3.63) is 54.1 Å². The first-order chi connectivity index (χ1) is 13.7. The first kappa shape index (κ1) is 24.2. The lowest BCUT2D eigenvalue weighted by Gasteiger charge is -2.38. The lowest BCUT2D eigenvalue weighted by atomic mass is 9.86. The third-order valence-corrected chi connectivity index (χ3v) is 5.96. The number of amides is 3. The molecule has 3 heterocycles. The fourth-order valence-corrected chi connectivity index (χ4v) is 4.36. The Labute approximate surface area is 189 Å². The molecule has 0 radical (unpaired) electrons. The third kappa shape index (κ3) is 4.33. The van der Waals surface area contributed by atoms with E-state index < -0.39 is 5.54 Å². The maximum absolute atomic E-state index is 13.4. The number of halogens is 2. The van der Waals surface area contributed by atoms with Crippen molar-refractivity contribution in [3.8, 4) is 0 Å². The molecule has 0 aliphatic carbocycles. The minimum absolute atomic E-state index is 0. The monoisotopic (exact) mass is 453 g/mol. The molecule has 30 heavy (non-hydrogen) atoms. The molecule has 2 aromatic rings. The summed E-state index contributed by atoms with van der Waals surface area (Å²) in [4.78, 5) is 34.3. The lowest BCUT2D eigenvalue weighted by molar-refractivity contribution is -0.135. The number of hydrogen-bond donors (Lipinski definition) is 1. The van der Waals surface area contributed by atoms with Gasteiger partial charge in [0.05, 0.1) is 6.54 Å². The molecule has 2 aliphatic heterocycles. The molecule has 1 N–H and O–H groups in total. The standard InChI is InChI=1S/C21H27N5O2.2ClH/c1-2-24-15-13-23-18(24)16-25-19(27)21(9-11-22-12-10-21)26(20(25)28)14-8-17-6-4-3-5-7-17;;/h3-7,13,15,22H,2,8-12,14,16H2,1H3;2*1H. The van der Waals surface area contributed by atoms with Crippen molar-refractivity contribution in [2.24, 2.45) is 0 Å². The number of hydrogen-bond acceptors (Lipinski definition) is 4. The highest BCUT2D eigenvalue weighted by Crippen LogP contribution is 2.36. The number of aryl methyl sites for hydroxylation is 1. The zero-order valence-electron chi connectivity index (χ0n) is 17.1. The van der Waals surface area contributed by atoms with Crippen molar-refractivity contribution >= 4 is 36.8 Å². The molecular formula is C21H29Cl2N5O2. The number of piperidine rings is 1. The Balaban J connectivity index is 0.00000160. The molecule has 0 bridgehead atoms. The van der Waals surface area contributed by atoms with Crippen LogP contribution in [-0.4, -0.2) is 56.5 Å². The van der Waals surface area contributed by atoms with Gasteiger partial charge in [0.15, 0.2) is 0 Å². The molecule has 7 nitrogen and oxygen atoms in total. The molecule has 164 valence electrons. The van der Waals surface area contributed by atoms with Gasteiger partial charge in [-0.15, -0.1) is 24.8 Å². The van der Waals surface area contributed by atoms with Crippen molar-refractivity contribution in [1.82, 2.24) is 24.7 Å². The molecule has 1 spiro atoms. The highest BCUT2D eigenvalue weighted by Gasteiger charge is 2.57. The summed E-state index contributed by atoms with van der Waals surface area (Å²) >= 11 is 0. The van der Waals surface area contributed by atoms with Crippen LogP contribution in [0, 0.1) is 0 Å². The summed E-state index contributed by atoms with van der Waals surface area (Å²) < 4.78 is 1.97. The average molecular weight is 454 g/mol. The van der Waals surface area contributed by atoms with Gasteiger partial charge in [-0.05, 0) is 44.8 Å². The van der Waals surface area contributed by atoms with E-state index in [4.69, 9.17) is 0 Å². The second kappa shape index (κ2) is 10.3. The molecule has 2 aliphatic rings. The van der Waals surface area contributed by atoms with Crippen LogP contribution in [0.4, 0.5) is 4.79 Å². The van der Waals surface area contributed by atoms with Crippen LogP contribution in [0.2, 0.25) is 0 Å². The molecule has 1 aromatic heterocycles. The number of benzene rings is 1. The number of carbonyl (C=O) groups excluding carboxylic acids is 2. The van der Waals surface area contributed by atoms with Crippen molar-refractivity contribution < 1.29 is 9.59 Å². The Morgan fingerprint density at radius 2 is 1.80 bits per heavy atom. The van der Waals surface area contributed by atoms with E-state index in [1.807, 2.05) is 40.8 Å². The molecule has 9 heteroatoms. The zero-order chi connectivity index (χ0) is 19.6. The first-order valence-corrected chi connectivity index (χ1v) is 10.0. The summed E-state index contributed by atoms with van der Waals surface area (Å²) in [6, 6.07) is 9.93. The first-order valence-electron chi connectivity index (χ1n) is 10.0. The van der Waals surface area contributed by atoms with Gasteiger partial charge in [-0.25, -0.2) is 9.78 Å². The molecule has 3 amide bonds. The van der Waals surface area contributed by atoms with Gasteiger partial charge >= 0.3 is 6.03 Å². The van der Waals surface area contributed by atoms with Crippen LogP contribution >= 0.6 is 24.8 Å². The van der Waals surface area contributed by atoms with Crippen molar-refractivity contribution in [2.75, 3.05) is 19.6 Å². The Morgan fingerprint density at radius 1 is 1.10 bits per heavy atom. The molecule has 0 saturated carbocycles. The number of rotatable bonds is 6.